The van der Waals surface area contributed by atoms with Gasteiger partial charge in [0, 0.05) is 66.0 Å². The first-order valence-corrected chi connectivity index (χ1v) is 13.7. The molecule has 3 N–H and O–H groups in total. The number of aromatic nitrogens is 2. The van der Waals surface area contributed by atoms with E-state index in [1.54, 1.807) is 37.3 Å². The highest BCUT2D eigenvalue weighted by Crippen LogP contribution is 2.32. The van der Waals surface area contributed by atoms with E-state index in [4.69, 9.17) is 4.74 Å². The first-order chi connectivity index (χ1) is 20.9. The van der Waals surface area contributed by atoms with E-state index in [2.05, 4.69) is 26.7 Å². The average Bonchev–Trinajstić information content (AvgIpc) is 3.45. The lowest BCUT2D eigenvalue weighted by atomic mass is 10.0. The summed E-state index contributed by atoms with van der Waals surface area (Å²) in [6, 6.07) is 33.6. The number of nitrogens with one attached hydrogen (secondary N) is 3. The van der Waals surface area contributed by atoms with Crippen LogP contribution in [-0.4, -0.2) is 40.9 Å². The van der Waals surface area contributed by atoms with E-state index < -0.39 is 0 Å². The minimum atomic E-state index is -0.371. The van der Waals surface area contributed by atoms with Gasteiger partial charge in [-0.15, -0.1) is 0 Å². The van der Waals surface area contributed by atoms with Crippen molar-refractivity contribution in [1.82, 2.24) is 14.9 Å². The Kier molecular flexibility index (Phi) is 7.56. The summed E-state index contributed by atoms with van der Waals surface area (Å²) in [7, 11) is 3.47. The van der Waals surface area contributed by atoms with E-state index in [1.807, 2.05) is 97.2 Å². The highest BCUT2D eigenvalue weighted by atomic mass is 16.5. The van der Waals surface area contributed by atoms with Crippen molar-refractivity contribution in [3.8, 4) is 33.8 Å². The molecule has 6 rings (SSSR count). The molecule has 0 atom stereocenters. The fourth-order valence-corrected chi connectivity index (χ4v) is 4.81. The second-order valence-electron chi connectivity index (χ2n) is 10.2. The topological polar surface area (TPSA) is 99.4 Å². The second-order valence-corrected chi connectivity index (χ2v) is 10.2. The van der Waals surface area contributed by atoms with Crippen LogP contribution in [0, 0.1) is 0 Å². The van der Waals surface area contributed by atoms with Gasteiger partial charge in [-0.3, -0.25) is 4.79 Å². The maximum atomic E-state index is 12.9. The number of rotatable bonds is 7. The van der Waals surface area contributed by atoms with E-state index in [0.717, 1.165) is 33.3 Å². The number of hydrogen-bond donors (Lipinski definition) is 3. The Morgan fingerprint density at radius 1 is 0.721 bits per heavy atom. The number of amides is 3. The van der Waals surface area contributed by atoms with Gasteiger partial charge in [0.2, 0.25) is 0 Å². The standard InChI is InChI=1S/C35H29N5O3/c1-40(2)34(41)25-11-6-9-23(17-25)26-19-31-32(22-37-33(31)36-21-26)24-10-7-12-27(18-24)38-35(42)39-28-13-8-16-30(20-28)43-29-14-4-3-5-15-29/h3-22H,1-2H3,(H,36,37)(H2,38,39,42). The van der Waals surface area contributed by atoms with Gasteiger partial charge in [-0.25, -0.2) is 9.78 Å². The molecule has 0 bridgehead atoms. The molecule has 2 heterocycles. The predicted octanol–water partition coefficient (Wildman–Crippen LogP) is 8.04. The smallest absolute Gasteiger partial charge is 0.323 e. The van der Waals surface area contributed by atoms with Crippen molar-refractivity contribution in [2.24, 2.45) is 0 Å². The minimum Gasteiger partial charge on any atom is -0.457 e. The van der Waals surface area contributed by atoms with Crippen LogP contribution in [0.15, 0.2) is 122 Å². The number of carbonyl (C=O) groups is 2. The van der Waals surface area contributed by atoms with Crippen molar-refractivity contribution in [2.45, 2.75) is 0 Å². The van der Waals surface area contributed by atoms with Crippen LogP contribution in [0.1, 0.15) is 10.4 Å². The largest absolute Gasteiger partial charge is 0.457 e. The minimum absolute atomic E-state index is 0.0557. The number of nitrogens with zero attached hydrogens (tertiary/aromatic N) is 2. The molecule has 4 aromatic carbocycles. The highest BCUT2D eigenvalue weighted by Gasteiger charge is 2.13. The molecule has 0 fully saturated rings. The van der Waals surface area contributed by atoms with Gasteiger partial charge in [-0.2, -0.15) is 0 Å². The Morgan fingerprint density at radius 2 is 1.42 bits per heavy atom. The molecule has 43 heavy (non-hydrogen) atoms. The number of aromatic amines is 1. The lowest BCUT2D eigenvalue weighted by Crippen LogP contribution is -2.21. The molecule has 0 saturated carbocycles. The molecule has 0 radical (unpaired) electrons. The van der Waals surface area contributed by atoms with Crippen molar-refractivity contribution in [3.05, 3.63) is 127 Å². The number of para-hydroxylation sites is 1. The van der Waals surface area contributed by atoms with Gasteiger partial charge in [0.15, 0.2) is 0 Å². The summed E-state index contributed by atoms with van der Waals surface area (Å²) in [6.07, 6.45) is 3.70. The van der Waals surface area contributed by atoms with E-state index in [0.29, 0.717) is 28.4 Å². The number of ether oxygens (including phenoxy) is 1. The molecule has 6 aromatic rings. The quantitative estimate of drug-likeness (QED) is 0.182. The molecule has 8 nitrogen and oxygen atoms in total. The van der Waals surface area contributed by atoms with Crippen LogP contribution in [-0.2, 0) is 0 Å². The Bertz CT molecular complexity index is 1930. The van der Waals surface area contributed by atoms with Gasteiger partial charge in [0.1, 0.15) is 17.1 Å². The summed E-state index contributed by atoms with van der Waals surface area (Å²) in [6.45, 7) is 0. The summed E-state index contributed by atoms with van der Waals surface area (Å²) in [5.74, 6) is 1.28. The van der Waals surface area contributed by atoms with Crippen LogP contribution in [0.5, 0.6) is 11.5 Å². The monoisotopic (exact) mass is 567 g/mol. The van der Waals surface area contributed by atoms with Crippen LogP contribution in [0.2, 0.25) is 0 Å². The third-order valence-electron chi connectivity index (χ3n) is 6.88. The number of fused-ring (bicyclic) bond motifs is 1. The lowest BCUT2D eigenvalue weighted by Gasteiger charge is -2.11. The Hall–Kier alpha value is -5.89. The average molecular weight is 568 g/mol. The van der Waals surface area contributed by atoms with Crippen molar-refractivity contribution in [1.29, 1.82) is 0 Å². The Morgan fingerprint density at radius 3 is 2.21 bits per heavy atom. The zero-order chi connectivity index (χ0) is 29.8. The third kappa shape index (κ3) is 6.23. The molecule has 212 valence electrons. The SMILES string of the molecule is CN(C)C(=O)c1cccc(-c2cnc3[nH]cc(-c4cccc(NC(=O)Nc5cccc(Oc6ccccc6)c5)c4)c3c2)c1. The molecule has 3 amide bonds. The van der Waals surface area contributed by atoms with Crippen LogP contribution in [0.4, 0.5) is 16.2 Å². The first-order valence-electron chi connectivity index (χ1n) is 13.7. The summed E-state index contributed by atoms with van der Waals surface area (Å²) in [5, 5.41) is 6.72. The van der Waals surface area contributed by atoms with Crippen molar-refractivity contribution in [3.63, 3.8) is 0 Å². The van der Waals surface area contributed by atoms with Crippen LogP contribution < -0.4 is 15.4 Å². The molecule has 2 aromatic heterocycles. The summed E-state index contributed by atoms with van der Waals surface area (Å²) < 4.78 is 5.88. The fourth-order valence-electron chi connectivity index (χ4n) is 4.81. The van der Waals surface area contributed by atoms with Crippen molar-refractivity contribution >= 4 is 34.3 Å². The molecule has 0 unspecified atom stereocenters. The number of carbonyl (C=O) groups excluding carboxylic acids is 2. The Labute approximate surface area is 249 Å². The first kappa shape index (κ1) is 27.3. The molecular formula is C35H29N5O3. The number of benzene rings is 4. The summed E-state index contributed by atoms with van der Waals surface area (Å²) in [4.78, 5) is 34.8. The number of urea groups is 1. The molecule has 0 spiro atoms. The third-order valence-corrected chi connectivity index (χ3v) is 6.88. The number of pyridine rings is 1. The fraction of sp³-hybridized carbons (Fsp3) is 0.0571. The zero-order valence-electron chi connectivity index (χ0n) is 23.7. The molecule has 0 aliphatic heterocycles. The zero-order valence-corrected chi connectivity index (χ0v) is 23.7. The van der Waals surface area contributed by atoms with Gasteiger partial charge in [-0.05, 0) is 65.7 Å². The predicted molar refractivity (Wildman–Crippen MR) is 171 cm³/mol. The molecule has 8 heteroatoms. The maximum Gasteiger partial charge on any atom is 0.323 e. The van der Waals surface area contributed by atoms with E-state index in [9.17, 15) is 9.59 Å². The molecular weight excluding hydrogens is 538 g/mol. The number of H-pyrrole nitrogens is 1. The normalized spacial score (nSPS) is 10.7. The van der Waals surface area contributed by atoms with Crippen LogP contribution in [0.25, 0.3) is 33.3 Å². The van der Waals surface area contributed by atoms with Gasteiger partial charge in [0.25, 0.3) is 5.91 Å². The molecule has 0 aliphatic carbocycles. The van der Waals surface area contributed by atoms with E-state index in [-0.39, 0.29) is 11.9 Å². The number of hydrogen-bond acceptors (Lipinski definition) is 4. The molecule has 0 aliphatic rings. The maximum absolute atomic E-state index is 12.9. The highest BCUT2D eigenvalue weighted by molar-refractivity contribution is 6.01. The van der Waals surface area contributed by atoms with Crippen LogP contribution >= 0.6 is 0 Å². The molecule has 0 saturated heterocycles. The summed E-state index contributed by atoms with van der Waals surface area (Å²) in [5.41, 5.74) is 6.26. The van der Waals surface area contributed by atoms with Gasteiger partial charge < -0.3 is 25.3 Å². The van der Waals surface area contributed by atoms with Gasteiger partial charge in [-0.1, -0.05) is 48.5 Å². The van der Waals surface area contributed by atoms with Crippen LogP contribution in [0.3, 0.4) is 0 Å². The van der Waals surface area contributed by atoms with Gasteiger partial charge >= 0.3 is 6.03 Å². The van der Waals surface area contributed by atoms with Gasteiger partial charge in [0.05, 0.1) is 0 Å². The summed E-state index contributed by atoms with van der Waals surface area (Å²) >= 11 is 0. The number of anilines is 2. The second kappa shape index (κ2) is 11.9. The Balaban J connectivity index is 1.20. The van der Waals surface area contributed by atoms with E-state index >= 15 is 0 Å². The van der Waals surface area contributed by atoms with Crippen molar-refractivity contribution in [2.75, 3.05) is 24.7 Å². The lowest BCUT2D eigenvalue weighted by molar-refractivity contribution is 0.0827. The van der Waals surface area contributed by atoms with E-state index in [1.165, 1.54) is 0 Å². The van der Waals surface area contributed by atoms with Crippen molar-refractivity contribution < 1.29 is 14.3 Å².